The molecule has 5 nitrogen and oxygen atoms in total. The van der Waals surface area contributed by atoms with Gasteiger partial charge in [0.15, 0.2) is 0 Å². The van der Waals surface area contributed by atoms with E-state index < -0.39 is 17.2 Å². The Morgan fingerprint density at radius 1 is 1.42 bits per heavy atom. The van der Waals surface area contributed by atoms with E-state index in [-0.39, 0.29) is 18.7 Å². The molecule has 0 aromatic heterocycles. The molecule has 2 N–H and O–H groups in total. The second-order valence-corrected chi connectivity index (χ2v) is 8.03. The number of hydrogen-bond acceptors (Lipinski definition) is 4. The minimum atomic E-state index is -0.555. The Balaban J connectivity index is 2.01. The Morgan fingerprint density at radius 3 is 2.83 bits per heavy atom. The Morgan fingerprint density at radius 2 is 2.17 bits per heavy atom. The highest BCUT2D eigenvalue weighted by molar-refractivity contribution is 5.71. The Bertz CT molecular complexity index is 624. The maximum absolute atomic E-state index is 12.9. The summed E-state index contributed by atoms with van der Waals surface area (Å²) in [5.41, 5.74) is 0.687. The van der Waals surface area contributed by atoms with Gasteiger partial charge in [0, 0.05) is 12.5 Å². The summed E-state index contributed by atoms with van der Waals surface area (Å²) in [7, 11) is 0. The number of carbonyl (C=O) groups excluding carboxylic acids is 1. The van der Waals surface area contributed by atoms with Crippen LogP contribution in [0.2, 0.25) is 0 Å². The third-order valence-electron chi connectivity index (χ3n) is 5.07. The molecule has 132 valence electrons. The number of nitrogens with zero attached hydrogens (tertiary/aromatic N) is 1. The van der Waals surface area contributed by atoms with Crippen LogP contribution in [0.5, 0.6) is 0 Å². The number of piperidine rings is 1. The maximum atomic E-state index is 12.9. The molecule has 0 saturated carbocycles. The molecule has 2 aliphatic rings. The van der Waals surface area contributed by atoms with Crippen LogP contribution < -0.4 is 0 Å². The second-order valence-electron chi connectivity index (χ2n) is 8.03. The van der Waals surface area contributed by atoms with E-state index in [1.807, 2.05) is 49.9 Å². The molecular formula is C19H27NO4. The molecular weight excluding hydrogens is 306 g/mol. The number of amides is 1. The first-order chi connectivity index (χ1) is 11.2. The molecule has 3 atom stereocenters. The van der Waals surface area contributed by atoms with E-state index >= 15 is 0 Å². The molecule has 1 aromatic carbocycles. The van der Waals surface area contributed by atoms with Crippen molar-refractivity contribution in [2.45, 2.75) is 76.3 Å². The zero-order chi connectivity index (χ0) is 17.5. The predicted molar refractivity (Wildman–Crippen MR) is 90.4 cm³/mol. The van der Waals surface area contributed by atoms with Crippen molar-refractivity contribution in [3.63, 3.8) is 0 Å². The number of rotatable bonds is 2. The van der Waals surface area contributed by atoms with E-state index in [1.54, 1.807) is 0 Å². The number of hydrogen-bond donors (Lipinski definition) is 2. The molecule has 2 heterocycles. The van der Waals surface area contributed by atoms with Crippen molar-refractivity contribution < 1.29 is 19.7 Å². The lowest BCUT2D eigenvalue weighted by molar-refractivity contribution is -0.0439. The number of ether oxygens (including phenoxy) is 1. The Labute approximate surface area is 143 Å². The van der Waals surface area contributed by atoms with Gasteiger partial charge in [0.25, 0.3) is 0 Å². The van der Waals surface area contributed by atoms with Gasteiger partial charge in [0.1, 0.15) is 5.60 Å². The van der Waals surface area contributed by atoms with Crippen molar-refractivity contribution in [1.82, 2.24) is 4.90 Å². The highest BCUT2D eigenvalue weighted by Gasteiger charge is 2.55. The standard InChI is InChI=1S/C19H27NO4/c1-18(2,3)24-17(23)20-15-7-8-19(20,11-16(22)10-15)14-6-4-5-13(9-14)12-21/h4-6,9,15-16,21-22H,7-8,10-12H2,1-3H3. The molecule has 0 aliphatic carbocycles. The molecule has 1 amide bonds. The van der Waals surface area contributed by atoms with Gasteiger partial charge in [0.05, 0.1) is 18.2 Å². The summed E-state index contributed by atoms with van der Waals surface area (Å²) in [6.45, 7) is 5.56. The molecule has 0 radical (unpaired) electrons. The van der Waals surface area contributed by atoms with Gasteiger partial charge in [-0.25, -0.2) is 4.79 Å². The topological polar surface area (TPSA) is 70.0 Å². The molecule has 2 bridgehead atoms. The van der Waals surface area contributed by atoms with Crippen LogP contribution in [0.25, 0.3) is 0 Å². The predicted octanol–water partition coefficient (Wildman–Crippen LogP) is 2.93. The minimum absolute atomic E-state index is 0.00128. The lowest BCUT2D eigenvalue weighted by atomic mass is 9.80. The smallest absolute Gasteiger partial charge is 0.411 e. The highest BCUT2D eigenvalue weighted by atomic mass is 16.6. The minimum Gasteiger partial charge on any atom is -0.444 e. The average molecular weight is 333 g/mol. The zero-order valence-electron chi connectivity index (χ0n) is 14.7. The van der Waals surface area contributed by atoms with Crippen LogP contribution >= 0.6 is 0 Å². The number of aliphatic hydroxyl groups excluding tert-OH is 2. The Hall–Kier alpha value is -1.59. The van der Waals surface area contributed by atoms with Gasteiger partial charge in [-0.15, -0.1) is 0 Å². The lowest BCUT2D eigenvalue weighted by Crippen LogP contribution is -2.55. The number of benzene rings is 1. The maximum Gasteiger partial charge on any atom is 0.411 e. The molecule has 2 aliphatic heterocycles. The van der Waals surface area contributed by atoms with E-state index in [9.17, 15) is 15.0 Å². The van der Waals surface area contributed by atoms with Crippen LogP contribution in [0.3, 0.4) is 0 Å². The van der Waals surface area contributed by atoms with Gasteiger partial charge in [0.2, 0.25) is 0 Å². The lowest BCUT2D eigenvalue weighted by Gasteiger charge is -2.47. The van der Waals surface area contributed by atoms with Crippen molar-refractivity contribution >= 4 is 6.09 Å². The number of fused-ring (bicyclic) bond motifs is 2. The third-order valence-corrected chi connectivity index (χ3v) is 5.07. The molecule has 0 spiro atoms. The van der Waals surface area contributed by atoms with Crippen molar-refractivity contribution in [2.75, 3.05) is 0 Å². The fourth-order valence-corrected chi connectivity index (χ4v) is 4.21. The molecule has 3 rings (SSSR count). The Kier molecular flexibility index (Phi) is 4.34. The fraction of sp³-hybridized carbons (Fsp3) is 0.632. The van der Waals surface area contributed by atoms with Crippen molar-refractivity contribution in [3.8, 4) is 0 Å². The summed E-state index contributed by atoms with van der Waals surface area (Å²) in [4.78, 5) is 14.7. The van der Waals surface area contributed by atoms with Crippen LogP contribution in [0.4, 0.5) is 4.79 Å². The van der Waals surface area contributed by atoms with Crippen molar-refractivity contribution in [2.24, 2.45) is 0 Å². The van der Waals surface area contributed by atoms with Crippen molar-refractivity contribution in [1.29, 1.82) is 0 Å². The van der Waals surface area contributed by atoms with Gasteiger partial charge >= 0.3 is 6.09 Å². The first-order valence-corrected chi connectivity index (χ1v) is 8.66. The third kappa shape index (κ3) is 3.03. The van der Waals surface area contributed by atoms with Crippen LogP contribution in [-0.2, 0) is 16.9 Å². The fourth-order valence-electron chi connectivity index (χ4n) is 4.21. The summed E-state index contributed by atoms with van der Waals surface area (Å²) in [6.07, 6.45) is 2.04. The first kappa shape index (κ1) is 17.2. The summed E-state index contributed by atoms with van der Waals surface area (Å²) in [6, 6.07) is 7.69. The molecule has 2 fully saturated rings. The average Bonchev–Trinajstić information content (AvgIpc) is 2.75. The second kappa shape index (κ2) is 6.05. The number of aliphatic hydroxyl groups is 2. The monoisotopic (exact) mass is 333 g/mol. The molecule has 5 heteroatoms. The van der Waals surface area contributed by atoms with E-state index in [0.29, 0.717) is 12.8 Å². The first-order valence-electron chi connectivity index (χ1n) is 8.66. The normalized spacial score (nSPS) is 29.6. The number of carbonyl (C=O) groups is 1. The van der Waals surface area contributed by atoms with Gasteiger partial charge in [-0.05, 0) is 51.2 Å². The zero-order valence-corrected chi connectivity index (χ0v) is 14.7. The summed E-state index contributed by atoms with van der Waals surface area (Å²) >= 11 is 0. The van der Waals surface area contributed by atoms with Crippen LogP contribution in [0.15, 0.2) is 24.3 Å². The van der Waals surface area contributed by atoms with Gasteiger partial charge in [-0.2, -0.15) is 0 Å². The summed E-state index contributed by atoms with van der Waals surface area (Å²) < 4.78 is 5.65. The van der Waals surface area contributed by atoms with E-state index in [4.69, 9.17) is 4.74 Å². The SMILES string of the molecule is CC(C)(C)OC(=O)N1C2CCC1(c1cccc(CO)c1)CC(O)C2. The molecule has 3 unspecified atom stereocenters. The van der Waals surface area contributed by atoms with Gasteiger partial charge < -0.3 is 14.9 Å². The van der Waals surface area contributed by atoms with Gasteiger partial charge in [-0.1, -0.05) is 24.3 Å². The largest absolute Gasteiger partial charge is 0.444 e. The van der Waals surface area contributed by atoms with Crippen molar-refractivity contribution in [3.05, 3.63) is 35.4 Å². The quantitative estimate of drug-likeness (QED) is 0.873. The molecule has 24 heavy (non-hydrogen) atoms. The van der Waals surface area contributed by atoms with Crippen LogP contribution in [0.1, 0.15) is 57.6 Å². The van der Waals surface area contributed by atoms with Gasteiger partial charge in [-0.3, -0.25) is 4.90 Å². The van der Waals surface area contributed by atoms with E-state index in [0.717, 1.165) is 24.0 Å². The van der Waals surface area contributed by atoms with Crippen LogP contribution in [0, 0.1) is 0 Å². The molecule has 1 aromatic rings. The summed E-state index contributed by atoms with van der Waals surface area (Å²) in [5.74, 6) is 0. The van der Waals surface area contributed by atoms with Crippen LogP contribution in [-0.4, -0.2) is 39.0 Å². The van der Waals surface area contributed by atoms with E-state index in [1.165, 1.54) is 0 Å². The summed E-state index contributed by atoms with van der Waals surface area (Å²) in [5, 5.41) is 19.8. The van der Waals surface area contributed by atoms with E-state index in [2.05, 4.69) is 0 Å². The highest BCUT2D eigenvalue weighted by Crippen LogP contribution is 2.51. The molecule has 2 saturated heterocycles.